The van der Waals surface area contributed by atoms with Crippen LogP contribution in [0.5, 0.6) is 23.0 Å². The summed E-state index contributed by atoms with van der Waals surface area (Å²) in [5.74, 6) is 0.648. The predicted molar refractivity (Wildman–Crippen MR) is 253 cm³/mol. The maximum absolute atomic E-state index is 11.1. The second-order valence-corrected chi connectivity index (χ2v) is 16.7. The van der Waals surface area contributed by atoms with Crippen LogP contribution >= 0.6 is 113 Å². The number of hydrogen-bond acceptors (Lipinski definition) is 11. The number of halogens is 8. The highest BCUT2D eigenvalue weighted by atomic mass is 79.9. The molecule has 4 rings (SSSR count). The van der Waals surface area contributed by atoms with Crippen molar-refractivity contribution in [2.75, 3.05) is 60.7 Å². The topological polar surface area (TPSA) is 172 Å². The lowest BCUT2D eigenvalue weighted by molar-refractivity contribution is 0.0592. The predicted octanol–water partition coefficient (Wildman–Crippen LogP) is 11.2. The van der Waals surface area contributed by atoms with Gasteiger partial charge in [-0.25, -0.2) is 18.6 Å². The Balaban J connectivity index is 0. The molecular weight excluding hydrogens is 1190 g/mol. The molecule has 21 heteroatoms. The van der Waals surface area contributed by atoms with Gasteiger partial charge in [-0.3, -0.25) is 4.79 Å². The Morgan fingerprint density at radius 3 is 1.03 bits per heavy atom. The zero-order chi connectivity index (χ0) is 45.0. The quantitative estimate of drug-likeness (QED) is 0.0696. The minimum absolute atomic E-state index is 0.137. The summed E-state index contributed by atoms with van der Waals surface area (Å²) in [5, 5.41) is 21.4. The van der Waals surface area contributed by atoms with Crippen LogP contribution in [0.1, 0.15) is 41.4 Å². The van der Waals surface area contributed by atoms with Crippen molar-refractivity contribution in [1.82, 2.24) is 0 Å². The van der Waals surface area contributed by atoms with Crippen molar-refractivity contribution >= 4 is 145 Å². The third-order valence-electron chi connectivity index (χ3n) is 5.86. The summed E-state index contributed by atoms with van der Waals surface area (Å²) in [6.07, 6.45) is 0. The van der Waals surface area contributed by atoms with Crippen LogP contribution < -0.4 is 14.2 Å². The van der Waals surface area contributed by atoms with Gasteiger partial charge in [-0.1, -0.05) is 79.6 Å². The molecule has 0 radical (unpaired) electrons. The number of aromatic hydroxyl groups is 1. The number of benzene rings is 4. The molecule has 0 aliphatic heterocycles. The first-order valence-corrected chi connectivity index (χ1v) is 25.0. The van der Waals surface area contributed by atoms with E-state index in [1.54, 1.807) is 60.7 Å². The molecule has 2 N–H and O–H groups in total. The smallest absolute Gasteiger partial charge is 0.337 e. The highest BCUT2D eigenvalue weighted by Crippen LogP contribution is 2.15. The van der Waals surface area contributed by atoms with E-state index in [2.05, 4.69) is 110 Å². The van der Waals surface area contributed by atoms with Gasteiger partial charge in [0, 0.05) is 53.6 Å². The second-order valence-electron chi connectivity index (χ2n) is 9.86. The second kappa shape index (κ2) is 38.5. The lowest BCUT2D eigenvalue weighted by atomic mass is 10.2. The molecule has 0 aromatic heterocycles. The van der Waals surface area contributed by atoms with E-state index in [4.69, 9.17) is 40.2 Å². The van der Waals surface area contributed by atoms with E-state index in [-0.39, 0.29) is 17.3 Å². The molecule has 0 atom stereocenters. The minimum Gasteiger partial charge on any atom is -0.508 e. The summed E-state index contributed by atoms with van der Waals surface area (Å²) in [4.78, 5) is 43.1. The van der Waals surface area contributed by atoms with Gasteiger partial charge in [-0.15, -0.1) is 0 Å². The van der Waals surface area contributed by atoms with E-state index >= 15 is 0 Å². The van der Waals surface area contributed by atoms with Crippen molar-refractivity contribution < 1.29 is 57.3 Å². The largest absolute Gasteiger partial charge is 0.508 e. The summed E-state index contributed by atoms with van der Waals surface area (Å²) in [6.45, 7) is 1.79. The molecule has 12 nitrogen and oxygen atoms in total. The lowest BCUT2D eigenvalue weighted by Crippen LogP contribution is -2.01. The number of methoxy groups -OCH3 is 2. The SMILES string of the molecule is BrCCBr.COC(=O)c1ccc(O)cc1.COC(=O)c1ccc(OCCBr)cc1.O=C(Cl)c1ccc(OCCBr)cc1.O=C(O)c1ccc(OCCBr)cc1.O=S(Cl)Cl. The summed E-state index contributed by atoms with van der Waals surface area (Å²) >= 11 is 21.4. The maximum atomic E-state index is 11.1. The molecule has 0 saturated carbocycles. The first-order valence-electron chi connectivity index (χ1n) is 16.3. The molecule has 0 amide bonds. The number of carboxylic acid groups (broad SMARTS) is 1. The molecule has 0 heterocycles. The van der Waals surface area contributed by atoms with Gasteiger partial charge in [0.2, 0.25) is 9.23 Å². The molecule has 0 unspecified atom stereocenters. The molecule has 0 aliphatic rings. The van der Waals surface area contributed by atoms with Gasteiger partial charge in [0.1, 0.15) is 23.0 Å². The van der Waals surface area contributed by atoms with E-state index in [0.717, 1.165) is 38.1 Å². The van der Waals surface area contributed by atoms with E-state index in [1.165, 1.54) is 50.6 Å². The number of carboxylic acids is 1. The Morgan fingerprint density at radius 2 is 0.797 bits per heavy atom. The number of hydrogen-bond donors (Lipinski definition) is 2. The first-order chi connectivity index (χ1) is 28.1. The average molecular weight is 1230 g/mol. The van der Waals surface area contributed by atoms with E-state index in [9.17, 15) is 19.2 Å². The molecule has 0 saturated heterocycles. The molecule has 0 fully saturated rings. The highest BCUT2D eigenvalue weighted by molar-refractivity contribution is 9.12. The molecule has 326 valence electrons. The normalized spacial score (nSPS) is 9.34. The van der Waals surface area contributed by atoms with Crippen LogP contribution in [0.2, 0.25) is 0 Å². The summed E-state index contributed by atoms with van der Waals surface area (Å²) in [5.41, 5.74) is 1.71. The van der Waals surface area contributed by atoms with Gasteiger partial charge in [0.25, 0.3) is 5.24 Å². The number of ether oxygens (including phenoxy) is 5. The molecule has 0 bridgehead atoms. The number of esters is 2. The number of phenolic OH excluding ortho intramolecular Hbond substituents is 1. The van der Waals surface area contributed by atoms with Crippen LogP contribution in [-0.4, -0.2) is 98.3 Å². The number of phenols is 1. The van der Waals surface area contributed by atoms with Crippen molar-refractivity contribution in [1.29, 1.82) is 0 Å². The van der Waals surface area contributed by atoms with E-state index < -0.39 is 26.4 Å². The van der Waals surface area contributed by atoms with Crippen LogP contribution in [0.25, 0.3) is 0 Å². The van der Waals surface area contributed by atoms with Crippen LogP contribution in [0.4, 0.5) is 0 Å². The average Bonchev–Trinajstić information content (AvgIpc) is 3.25. The van der Waals surface area contributed by atoms with Crippen LogP contribution in [0.3, 0.4) is 0 Å². The molecular formula is C38H40Br5Cl3O12S. The minimum atomic E-state index is -1.67. The number of rotatable bonds is 14. The fourth-order valence-electron chi connectivity index (χ4n) is 3.37. The fraction of sp³-hybridized carbons (Fsp3) is 0.263. The Morgan fingerprint density at radius 1 is 0.525 bits per heavy atom. The zero-order valence-electron chi connectivity index (χ0n) is 31.3. The monoisotopic (exact) mass is 1220 g/mol. The molecule has 0 spiro atoms. The van der Waals surface area contributed by atoms with Gasteiger partial charge in [-0.2, -0.15) is 0 Å². The summed E-state index contributed by atoms with van der Waals surface area (Å²) in [6, 6.07) is 25.8. The van der Waals surface area contributed by atoms with Crippen LogP contribution in [0.15, 0.2) is 97.1 Å². The first kappa shape index (κ1) is 58.7. The molecule has 4 aromatic carbocycles. The van der Waals surface area contributed by atoms with Crippen molar-refractivity contribution in [2.45, 2.75) is 0 Å². The van der Waals surface area contributed by atoms with E-state index in [0.29, 0.717) is 42.3 Å². The van der Waals surface area contributed by atoms with Crippen LogP contribution in [-0.2, 0) is 18.7 Å². The fourth-order valence-corrected chi connectivity index (χ4v) is 3.98. The molecule has 4 aromatic rings. The Labute approximate surface area is 401 Å². The van der Waals surface area contributed by atoms with Gasteiger partial charge in [0.05, 0.1) is 50.7 Å². The molecule has 0 aliphatic carbocycles. The number of alkyl halides is 5. The number of carbonyl (C=O) groups excluding carboxylic acids is 3. The lowest BCUT2D eigenvalue weighted by Gasteiger charge is -2.04. The third kappa shape index (κ3) is 32.0. The van der Waals surface area contributed by atoms with Crippen molar-refractivity contribution in [2.24, 2.45) is 0 Å². The summed E-state index contributed by atoms with van der Waals surface area (Å²) in [7, 11) is 10.0. The number of aromatic carboxylic acids is 1. The Kier molecular flexibility index (Phi) is 38.3. The van der Waals surface area contributed by atoms with Crippen molar-refractivity contribution in [3.8, 4) is 23.0 Å². The summed E-state index contributed by atoms with van der Waals surface area (Å²) < 4.78 is 34.0. The zero-order valence-corrected chi connectivity index (χ0v) is 42.3. The molecule has 59 heavy (non-hydrogen) atoms. The number of carbonyl (C=O) groups is 4. The Hall–Kier alpha value is -2.42. The van der Waals surface area contributed by atoms with Crippen LogP contribution in [0, 0.1) is 0 Å². The van der Waals surface area contributed by atoms with Gasteiger partial charge in [-0.05, 0) is 109 Å². The Bertz CT molecular complexity index is 1690. The van der Waals surface area contributed by atoms with Crippen molar-refractivity contribution in [3.63, 3.8) is 0 Å². The highest BCUT2D eigenvalue weighted by Gasteiger charge is 2.05. The maximum Gasteiger partial charge on any atom is 0.337 e. The van der Waals surface area contributed by atoms with Crippen molar-refractivity contribution in [3.05, 3.63) is 119 Å². The van der Waals surface area contributed by atoms with Gasteiger partial charge >= 0.3 is 17.9 Å². The standard InChI is InChI=1S/C10H11BrO3.C9H8BrClO2.C9H9BrO3.C8H8O3.C2H4Br2.Cl2OS/c1-13-10(12)8-2-4-9(5-3-8)14-7-6-11;2*10-5-6-13-8-3-1-7(2-4-8)9(11)12;1-11-8(10)6-2-4-7(9)5-3-6;3-1-2-4;1-4(2)3/h2-5H,6-7H2,1H3;1-4H,5-6H2;1-4H,5-6H2,(H,11,12);2-5,9H,1H3;1-2H2;. The van der Waals surface area contributed by atoms with Gasteiger partial charge in [0.15, 0.2) is 0 Å². The van der Waals surface area contributed by atoms with Gasteiger partial charge < -0.3 is 33.9 Å². The van der Waals surface area contributed by atoms with E-state index in [1.807, 2.05) is 0 Å². The third-order valence-corrected chi connectivity index (χ3v) is 8.90.